The lowest BCUT2D eigenvalue weighted by atomic mass is 9.63. The van der Waals surface area contributed by atoms with Crippen molar-refractivity contribution in [1.29, 1.82) is 0 Å². The quantitative estimate of drug-likeness (QED) is 0.531. The zero-order valence-corrected chi connectivity index (χ0v) is 23.7. The van der Waals surface area contributed by atoms with Gasteiger partial charge in [0, 0.05) is 5.82 Å². The molecule has 3 saturated heterocycles. The van der Waals surface area contributed by atoms with Crippen LogP contribution < -0.4 is 0 Å². The molecule has 3 aliphatic heterocycles. The van der Waals surface area contributed by atoms with Gasteiger partial charge < -0.3 is 32.7 Å². The molecule has 3 heterocycles. The first-order chi connectivity index (χ1) is 16.9. The molecule has 37 heavy (non-hydrogen) atoms. The SMILES string of the molecule is CC1(C)O[C@@H]2C(B3OC(C)(C)C(C)(C)O3)C(C(OB3OC(C)(C)C(C)(C)O3)c3ccccc3)C(=O)[C@@H]2O1. The normalized spacial score (nSPS) is 35.7. The molecule has 0 spiro atoms. The van der Waals surface area contributed by atoms with E-state index in [-0.39, 0.29) is 5.78 Å². The second-order valence-corrected chi connectivity index (χ2v) is 13.2. The number of carbonyl (C=O) groups excluding carboxylic acids is 1. The lowest BCUT2D eigenvalue weighted by molar-refractivity contribution is -0.166. The zero-order chi connectivity index (χ0) is 27.2. The van der Waals surface area contributed by atoms with E-state index in [2.05, 4.69) is 0 Å². The van der Waals surface area contributed by atoms with Crippen molar-refractivity contribution in [1.82, 2.24) is 0 Å². The van der Waals surface area contributed by atoms with E-state index in [1.54, 1.807) is 0 Å². The Bertz CT molecular complexity index is 1010. The van der Waals surface area contributed by atoms with Crippen molar-refractivity contribution in [3.8, 4) is 0 Å². The third kappa shape index (κ3) is 4.52. The maximum Gasteiger partial charge on any atom is 0.640 e. The molecule has 10 heteroatoms. The van der Waals surface area contributed by atoms with Gasteiger partial charge in [0.1, 0.15) is 6.10 Å². The third-order valence-electron chi connectivity index (χ3n) is 9.06. The van der Waals surface area contributed by atoms with Crippen molar-refractivity contribution in [3.05, 3.63) is 35.9 Å². The second kappa shape index (κ2) is 8.62. The standard InChI is InChI=1S/C27H40B2O8/c1-23(2)24(3,4)35-28(34-23)18-17(19(30)22-21(18)31-27(9,10)32-22)20(16-14-12-11-13-15-16)33-29-36-25(5,6)26(7,8)37-29/h11-15,17-18,20-22H,1-10H3/t17?,18?,20?,21-,22+/m1/s1. The van der Waals surface area contributed by atoms with Gasteiger partial charge in [-0.2, -0.15) is 0 Å². The summed E-state index contributed by atoms with van der Waals surface area (Å²) in [6.45, 7) is 19.5. The van der Waals surface area contributed by atoms with E-state index in [0.29, 0.717) is 0 Å². The van der Waals surface area contributed by atoms with Crippen LogP contribution in [0.5, 0.6) is 0 Å². The van der Waals surface area contributed by atoms with Crippen LogP contribution in [0.4, 0.5) is 0 Å². The Morgan fingerprint density at radius 2 is 1.27 bits per heavy atom. The topological polar surface area (TPSA) is 81.7 Å². The summed E-state index contributed by atoms with van der Waals surface area (Å²) in [5.41, 5.74) is -1.50. The van der Waals surface area contributed by atoms with Crippen molar-refractivity contribution in [2.75, 3.05) is 0 Å². The maximum absolute atomic E-state index is 14.1. The molecular formula is C27H40B2O8. The first kappa shape index (κ1) is 27.3. The maximum atomic E-state index is 14.1. The van der Waals surface area contributed by atoms with Crippen LogP contribution in [0.15, 0.2) is 30.3 Å². The Kier molecular flexibility index (Phi) is 6.36. The molecule has 0 amide bonds. The van der Waals surface area contributed by atoms with Gasteiger partial charge in [-0.25, -0.2) is 0 Å². The summed E-state index contributed by atoms with van der Waals surface area (Å²) >= 11 is 0. The number of Topliss-reactive ketones (excluding diaryl/α,β-unsaturated/α-hetero) is 1. The summed E-state index contributed by atoms with van der Waals surface area (Å²) in [6, 6.07) is 9.68. The third-order valence-corrected chi connectivity index (χ3v) is 9.06. The second-order valence-electron chi connectivity index (χ2n) is 13.2. The van der Waals surface area contributed by atoms with Crippen LogP contribution in [0.25, 0.3) is 0 Å². The minimum Gasteiger partial charge on any atom is -0.403 e. The summed E-state index contributed by atoms with van der Waals surface area (Å²) in [7, 11) is -1.65. The summed E-state index contributed by atoms with van der Waals surface area (Å²) in [4.78, 5) is 14.1. The highest BCUT2D eigenvalue weighted by molar-refractivity contribution is 6.49. The number of carbonyl (C=O) groups is 1. The highest BCUT2D eigenvalue weighted by Crippen LogP contribution is 2.55. The molecule has 1 aliphatic carbocycles. The van der Waals surface area contributed by atoms with E-state index < -0.39 is 72.7 Å². The number of ketones is 1. The minimum absolute atomic E-state index is 0.0966. The van der Waals surface area contributed by atoms with E-state index in [0.717, 1.165) is 5.56 Å². The molecule has 5 atom stereocenters. The van der Waals surface area contributed by atoms with Gasteiger partial charge in [-0.05, 0) is 74.8 Å². The van der Waals surface area contributed by atoms with Crippen molar-refractivity contribution >= 4 is 20.2 Å². The predicted octanol–water partition coefficient (Wildman–Crippen LogP) is 4.51. The zero-order valence-electron chi connectivity index (χ0n) is 23.7. The Morgan fingerprint density at radius 3 is 1.81 bits per heavy atom. The van der Waals surface area contributed by atoms with Crippen LogP contribution in [0, 0.1) is 5.92 Å². The van der Waals surface area contributed by atoms with E-state index in [1.807, 2.05) is 99.6 Å². The van der Waals surface area contributed by atoms with E-state index >= 15 is 0 Å². The number of rotatable bonds is 5. The Labute approximate surface area is 221 Å². The number of hydrogen-bond donors (Lipinski definition) is 0. The van der Waals surface area contributed by atoms with Gasteiger partial charge in [-0.15, -0.1) is 0 Å². The van der Waals surface area contributed by atoms with Crippen molar-refractivity contribution in [2.24, 2.45) is 5.92 Å². The number of benzene rings is 1. The molecule has 0 radical (unpaired) electrons. The summed E-state index contributed by atoms with van der Waals surface area (Å²) in [5.74, 6) is -2.15. The summed E-state index contributed by atoms with van der Waals surface area (Å²) in [6.07, 6.45) is -2.00. The molecule has 0 bridgehead atoms. The fourth-order valence-corrected chi connectivity index (χ4v) is 5.57. The number of hydrogen-bond acceptors (Lipinski definition) is 8. The van der Waals surface area contributed by atoms with Gasteiger partial charge in [0.05, 0.1) is 40.5 Å². The molecule has 4 aliphatic rings. The minimum atomic E-state index is -0.958. The Balaban J connectivity index is 1.54. The molecule has 0 aromatic heterocycles. The largest absolute Gasteiger partial charge is 0.640 e. The first-order valence-electron chi connectivity index (χ1n) is 13.3. The molecule has 1 aromatic carbocycles. The molecule has 202 valence electrons. The van der Waals surface area contributed by atoms with Crippen LogP contribution in [-0.2, 0) is 37.5 Å². The molecule has 1 aromatic rings. The summed E-state index contributed by atoms with van der Waals surface area (Å²) in [5, 5.41) is 0. The van der Waals surface area contributed by atoms with Gasteiger partial charge in [0.15, 0.2) is 11.6 Å². The van der Waals surface area contributed by atoms with Gasteiger partial charge in [-0.1, -0.05) is 30.3 Å². The van der Waals surface area contributed by atoms with Gasteiger partial charge in [0.25, 0.3) is 0 Å². The lowest BCUT2D eigenvalue weighted by Gasteiger charge is -2.33. The smallest absolute Gasteiger partial charge is 0.403 e. The average Bonchev–Trinajstić information content (AvgIpc) is 3.35. The van der Waals surface area contributed by atoms with Crippen LogP contribution in [0.3, 0.4) is 0 Å². The van der Waals surface area contributed by atoms with Gasteiger partial charge in [-0.3, -0.25) is 4.79 Å². The number of fused-ring (bicyclic) bond motifs is 1. The van der Waals surface area contributed by atoms with Crippen molar-refractivity contribution < 1.29 is 37.5 Å². The monoisotopic (exact) mass is 514 g/mol. The molecule has 0 N–H and O–H groups in total. The fraction of sp³-hybridized carbons (Fsp3) is 0.741. The van der Waals surface area contributed by atoms with Crippen LogP contribution >= 0.6 is 0 Å². The molecule has 1 saturated carbocycles. The highest BCUT2D eigenvalue weighted by atomic mass is 16.8. The Morgan fingerprint density at radius 1 is 0.757 bits per heavy atom. The first-order valence-corrected chi connectivity index (χ1v) is 13.3. The molecule has 3 unspecified atom stereocenters. The summed E-state index contributed by atoms with van der Waals surface area (Å²) < 4.78 is 44.4. The Hall–Kier alpha value is -1.26. The van der Waals surface area contributed by atoms with Crippen LogP contribution in [0.2, 0.25) is 5.82 Å². The van der Waals surface area contributed by atoms with E-state index in [4.69, 9.17) is 32.7 Å². The average molecular weight is 514 g/mol. The van der Waals surface area contributed by atoms with Gasteiger partial charge in [0.2, 0.25) is 0 Å². The lowest BCUT2D eigenvalue weighted by Crippen LogP contribution is -2.41. The van der Waals surface area contributed by atoms with Gasteiger partial charge >= 0.3 is 14.4 Å². The van der Waals surface area contributed by atoms with Crippen LogP contribution in [0.1, 0.15) is 80.9 Å². The van der Waals surface area contributed by atoms with Crippen molar-refractivity contribution in [3.63, 3.8) is 0 Å². The predicted molar refractivity (Wildman–Crippen MR) is 139 cm³/mol. The fourth-order valence-electron chi connectivity index (χ4n) is 5.57. The van der Waals surface area contributed by atoms with E-state index in [1.165, 1.54) is 0 Å². The molecular weight excluding hydrogens is 474 g/mol. The number of ether oxygens (including phenoxy) is 2. The van der Waals surface area contributed by atoms with Crippen LogP contribution in [-0.4, -0.2) is 60.6 Å². The molecule has 5 rings (SSSR count). The molecule has 8 nitrogen and oxygen atoms in total. The molecule has 4 fully saturated rings. The van der Waals surface area contributed by atoms with Crippen molar-refractivity contribution in [2.45, 2.75) is 122 Å². The highest BCUT2D eigenvalue weighted by Gasteiger charge is 2.68. The van der Waals surface area contributed by atoms with E-state index in [9.17, 15) is 4.79 Å².